The molecule has 2 aromatic heterocycles. The minimum atomic E-state index is -0.308. The van der Waals surface area contributed by atoms with Gasteiger partial charge in [-0.25, -0.2) is 9.97 Å². The number of carbonyl (C=O) groups excluding carboxylic acids is 2. The van der Waals surface area contributed by atoms with Crippen LogP contribution >= 0.6 is 22.7 Å². The van der Waals surface area contributed by atoms with E-state index in [9.17, 15) is 9.59 Å². The molecular formula is C20H22N4O3S2. The lowest BCUT2D eigenvalue weighted by Crippen LogP contribution is -2.38. The third-order valence-corrected chi connectivity index (χ3v) is 6.74. The first-order chi connectivity index (χ1) is 14.1. The highest BCUT2D eigenvalue weighted by Crippen LogP contribution is 2.31. The van der Waals surface area contributed by atoms with E-state index < -0.39 is 0 Å². The van der Waals surface area contributed by atoms with Gasteiger partial charge in [0.25, 0.3) is 0 Å². The highest BCUT2D eigenvalue weighted by Gasteiger charge is 2.27. The number of aromatic nitrogens is 2. The molecule has 0 aliphatic carbocycles. The fourth-order valence-electron chi connectivity index (χ4n) is 3.34. The zero-order valence-electron chi connectivity index (χ0n) is 16.1. The SMILES string of the molecule is CCOC(=O)Cc1csc(NC(=O)C2CCN(c3nc4ccccc4s3)CC2)n1. The summed E-state index contributed by atoms with van der Waals surface area (Å²) in [5, 5.41) is 6.23. The van der Waals surface area contributed by atoms with Gasteiger partial charge in [-0.15, -0.1) is 11.3 Å². The van der Waals surface area contributed by atoms with Gasteiger partial charge in [0.05, 0.1) is 28.9 Å². The molecule has 0 unspecified atom stereocenters. The predicted octanol–water partition coefficient (Wildman–Crippen LogP) is 3.71. The Hall–Kier alpha value is -2.52. The van der Waals surface area contributed by atoms with Crippen LogP contribution in [0, 0.1) is 5.92 Å². The van der Waals surface area contributed by atoms with Crippen molar-refractivity contribution in [2.24, 2.45) is 5.92 Å². The minimum absolute atomic E-state index is 0.00835. The second-order valence-electron chi connectivity index (χ2n) is 6.84. The Morgan fingerprint density at radius 3 is 2.79 bits per heavy atom. The van der Waals surface area contributed by atoms with Gasteiger partial charge in [0.2, 0.25) is 5.91 Å². The minimum Gasteiger partial charge on any atom is -0.466 e. The summed E-state index contributed by atoms with van der Waals surface area (Å²) in [7, 11) is 0. The quantitative estimate of drug-likeness (QED) is 0.600. The molecule has 3 heterocycles. The van der Waals surface area contributed by atoms with E-state index in [1.807, 2.05) is 18.2 Å². The maximum absolute atomic E-state index is 12.6. The average Bonchev–Trinajstić information content (AvgIpc) is 3.35. The molecule has 7 nitrogen and oxygen atoms in total. The highest BCUT2D eigenvalue weighted by molar-refractivity contribution is 7.22. The number of nitrogens with zero attached hydrogens (tertiary/aromatic N) is 3. The number of nitrogens with one attached hydrogen (secondary N) is 1. The number of fused-ring (bicyclic) bond motifs is 1. The first-order valence-corrected chi connectivity index (χ1v) is 11.3. The fraction of sp³-hybridized carbons (Fsp3) is 0.400. The number of ether oxygens (including phenoxy) is 1. The third-order valence-electron chi connectivity index (χ3n) is 4.83. The number of hydrogen-bond donors (Lipinski definition) is 1. The van der Waals surface area contributed by atoms with Crippen molar-refractivity contribution >= 4 is 55.0 Å². The molecule has 0 radical (unpaired) electrons. The lowest BCUT2D eigenvalue weighted by molar-refractivity contribution is -0.142. The van der Waals surface area contributed by atoms with Crippen molar-refractivity contribution in [2.45, 2.75) is 26.2 Å². The molecule has 0 spiro atoms. The summed E-state index contributed by atoms with van der Waals surface area (Å²) in [6.45, 7) is 3.74. The van der Waals surface area contributed by atoms with Crippen molar-refractivity contribution < 1.29 is 14.3 Å². The van der Waals surface area contributed by atoms with Crippen molar-refractivity contribution in [2.75, 3.05) is 29.9 Å². The van der Waals surface area contributed by atoms with Crippen LogP contribution in [-0.4, -0.2) is 41.5 Å². The van der Waals surface area contributed by atoms with Gasteiger partial charge in [-0.2, -0.15) is 0 Å². The molecule has 1 amide bonds. The fourth-order valence-corrected chi connectivity index (χ4v) is 5.07. The Morgan fingerprint density at radius 1 is 1.24 bits per heavy atom. The van der Waals surface area contributed by atoms with Crippen molar-refractivity contribution in [1.29, 1.82) is 0 Å². The maximum Gasteiger partial charge on any atom is 0.311 e. The predicted molar refractivity (Wildman–Crippen MR) is 116 cm³/mol. The van der Waals surface area contributed by atoms with Crippen molar-refractivity contribution in [3.8, 4) is 0 Å². The Bertz CT molecular complexity index is 975. The molecule has 9 heteroatoms. The molecule has 3 aromatic rings. The van der Waals surface area contributed by atoms with Crippen LogP contribution in [0.15, 0.2) is 29.6 Å². The monoisotopic (exact) mass is 430 g/mol. The van der Waals surface area contributed by atoms with Crippen molar-refractivity contribution in [3.63, 3.8) is 0 Å². The summed E-state index contributed by atoms with van der Waals surface area (Å²) in [5.41, 5.74) is 1.64. The van der Waals surface area contributed by atoms with Gasteiger partial charge < -0.3 is 15.0 Å². The molecule has 1 saturated heterocycles. The van der Waals surface area contributed by atoms with Gasteiger partial charge in [0.1, 0.15) is 0 Å². The van der Waals surface area contributed by atoms with Crippen LogP contribution in [0.4, 0.5) is 10.3 Å². The molecule has 1 aliphatic heterocycles. The van der Waals surface area contributed by atoms with Gasteiger partial charge in [-0.1, -0.05) is 23.5 Å². The average molecular weight is 431 g/mol. The summed E-state index contributed by atoms with van der Waals surface area (Å²) >= 11 is 3.03. The van der Waals surface area contributed by atoms with E-state index in [0.717, 1.165) is 36.6 Å². The lowest BCUT2D eigenvalue weighted by Gasteiger charge is -2.30. The van der Waals surface area contributed by atoms with Crippen LogP contribution in [0.25, 0.3) is 10.2 Å². The number of thiazole rings is 2. The van der Waals surface area contributed by atoms with Crippen LogP contribution in [-0.2, 0) is 20.7 Å². The molecule has 0 saturated carbocycles. The third kappa shape index (κ3) is 4.73. The van der Waals surface area contributed by atoms with Gasteiger partial charge in [0.15, 0.2) is 10.3 Å². The first-order valence-electron chi connectivity index (χ1n) is 9.64. The Kier molecular flexibility index (Phi) is 6.05. The number of piperidine rings is 1. The highest BCUT2D eigenvalue weighted by atomic mass is 32.1. The molecule has 4 rings (SSSR count). The molecule has 29 heavy (non-hydrogen) atoms. The summed E-state index contributed by atoms with van der Waals surface area (Å²) in [6, 6.07) is 8.14. The number of para-hydroxylation sites is 1. The molecule has 1 N–H and O–H groups in total. The Labute approximate surface area is 176 Å². The van der Waals surface area contributed by atoms with Crippen LogP contribution < -0.4 is 10.2 Å². The van der Waals surface area contributed by atoms with Crippen LogP contribution in [0.2, 0.25) is 0 Å². The largest absolute Gasteiger partial charge is 0.466 e. The maximum atomic E-state index is 12.6. The van der Waals surface area contributed by atoms with Gasteiger partial charge in [-0.3, -0.25) is 9.59 Å². The van der Waals surface area contributed by atoms with E-state index >= 15 is 0 Å². The zero-order chi connectivity index (χ0) is 20.2. The van der Waals surface area contributed by atoms with Crippen LogP contribution in [0.3, 0.4) is 0 Å². The molecule has 1 aromatic carbocycles. The molecule has 1 fully saturated rings. The smallest absolute Gasteiger partial charge is 0.311 e. The number of amides is 1. The lowest BCUT2D eigenvalue weighted by atomic mass is 9.96. The summed E-state index contributed by atoms with van der Waals surface area (Å²) in [6.07, 6.45) is 1.69. The summed E-state index contributed by atoms with van der Waals surface area (Å²) in [4.78, 5) is 35.5. The molecule has 0 bridgehead atoms. The second kappa shape index (κ2) is 8.87. The molecule has 152 valence electrons. The Balaban J connectivity index is 1.30. The molecular weight excluding hydrogens is 408 g/mol. The normalized spacial score (nSPS) is 14.9. The van der Waals surface area contributed by atoms with E-state index in [0.29, 0.717) is 17.4 Å². The number of carbonyl (C=O) groups is 2. The number of benzene rings is 1. The van der Waals surface area contributed by atoms with Crippen LogP contribution in [0.1, 0.15) is 25.5 Å². The number of rotatable bonds is 6. The van der Waals surface area contributed by atoms with Crippen LogP contribution in [0.5, 0.6) is 0 Å². The molecule has 0 atom stereocenters. The molecule has 1 aliphatic rings. The number of esters is 1. The van der Waals surface area contributed by atoms with E-state index in [-0.39, 0.29) is 24.2 Å². The number of hydrogen-bond acceptors (Lipinski definition) is 8. The van der Waals surface area contributed by atoms with E-state index in [2.05, 4.69) is 21.3 Å². The van der Waals surface area contributed by atoms with E-state index in [1.54, 1.807) is 23.6 Å². The standard InChI is InChI=1S/C20H22N4O3S2/c1-2-27-17(25)11-14-12-28-19(21-14)23-18(26)13-7-9-24(10-8-13)20-22-15-5-3-4-6-16(15)29-20/h3-6,12-13H,2,7-11H2,1H3,(H,21,23,26). The Morgan fingerprint density at radius 2 is 2.03 bits per heavy atom. The first kappa shape index (κ1) is 19.8. The van der Waals surface area contributed by atoms with Gasteiger partial charge in [0, 0.05) is 24.4 Å². The number of anilines is 2. The van der Waals surface area contributed by atoms with Crippen molar-refractivity contribution in [1.82, 2.24) is 9.97 Å². The van der Waals surface area contributed by atoms with Crippen molar-refractivity contribution in [3.05, 3.63) is 35.3 Å². The van der Waals surface area contributed by atoms with E-state index in [1.165, 1.54) is 16.0 Å². The van der Waals surface area contributed by atoms with Gasteiger partial charge in [-0.05, 0) is 31.9 Å². The topological polar surface area (TPSA) is 84.4 Å². The zero-order valence-corrected chi connectivity index (χ0v) is 17.7. The summed E-state index contributed by atoms with van der Waals surface area (Å²) < 4.78 is 6.11. The van der Waals surface area contributed by atoms with Gasteiger partial charge >= 0.3 is 5.97 Å². The second-order valence-corrected chi connectivity index (χ2v) is 8.71. The van der Waals surface area contributed by atoms with E-state index in [4.69, 9.17) is 9.72 Å². The summed E-state index contributed by atoms with van der Waals surface area (Å²) in [5.74, 6) is -0.359.